The first-order valence-electron chi connectivity index (χ1n) is 18.1. The lowest BCUT2D eigenvalue weighted by atomic mass is 9.98. The lowest BCUT2D eigenvalue weighted by molar-refractivity contribution is -0.142. The quantitative estimate of drug-likeness (QED) is 0.0689. The maximum Gasteiger partial charge on any atom is 0.414 e. The molecule has 304 valence electrons. The van der Waals surface area contributed by atoms with Crippen molar-refractivity contribution in [3.8, 4) is 11.1 Å². The molecular formula is C38H52N8O10. The lowest BCUT2D eigenvalue weighted by Gasteiger charge is -2.22. The number of carboxylic acids is 1. The molecular weight excluding hydrogens is 728 g/mol. The van der Waals surface area contributed by atoms with Crippen molar-refractivity contribution < 1.29 is 48.1 Å². The summed E-state index contributed by atoms with van der Waals surface area (Å²) in [5.41, 5.74) is 9.13. The van der Waals surface area contributed by atoms with Crippen LogP contribution in [0.15, 0.2) is 53.5 Å². The molecule has 5 atom stereocenters. The van der Waals surface area contributed by atoms with E-state index in [1.54, 1.807) is 20.8 Å². The van der Waals surface area contributed by atoms with E-state index < -0.39 is 77.6 Å². The SMILES string of the molecule is C[C@H](NC(=O)OCC1c2ccccc2-c2ccccc21)C(=O)N[C@@H](C)C(=O)N[C@@H](C)C(=O)N[C@@H](C)C(=O)N[C@@H](CCCN=C(N)NC(=O)OC(C)(C)C)C(=O)O. The van der Waals surface area contributed by atoms with Crippen LogP contribution in [0.2, 0.25) is 0 Å². The number of fused-ring (bicyclic) bond motifs is 3. The van der Waals surface area contributed by atoms with Crippen LogP contribution in [0.5, 0.6) is 0 Å². The van der Waals surface area contributed by atoms with Gasteiger partial charge in [-0.05, 0) is 83.6 Å². The van der Waals surface area contributed by atoms with Gasteiger partial charge in [-0.3, -0.25) is 29.5 Å². The molecule has 0 bridgehead atoms. The zero-order valence-electron chi connectivity index (χ0n) is 32.6. The monoisotopic (exact) mass is 780 g/mol. The third-order valence-electron chi connectivity index (χ3n) is 8.50. The number of nitrogens with two attached hydrogens (primary N) is 1. The van der Waals surface area contributed by atoms with Gasteiger partial charge >= 0.3 is 18.2 Å². The molecule has 0 saturated carbocycles. The predicted octanol–water partition coefficient (Wildman–Crippen LogP) is 1.62. The summed E-state index contributed by atoms with van der Waals surface area (Å²) < 4.78 is 10.6. The molecule has 0 saturated heterocycles. The van der Waals surface area contributed by atoms with Crippen molar-refractivity contribution in [1.82, 2.24) is 31.9 Å². The van der Waals surface area contributed by atoms with Crippen molar-refractivity contribution in [2.24, 2.45) is 10.7 Å². The van der Waals surface area contributed by atoms with Gasteiger partial charge in [0.1, 0.15) is 42.4 Å². The number of hydrogen-bond donors (Lipinski definition) is 8. The van der Waals surface area contributed by atoms with Gasteiger partial charge in [-0.1, -0.05) is 48.5 Å². The van der Waals surface area contributed by atoms with E-state index in [-0.39, 0.29) is 37.9 Å². The molecule has 0 fully saturated rings. The number of carbonyl (C=O) groups is 7. The topological polar surface area (TPSA) is 269 Å². The van der Waals surface area contributed by atoms with Crippen molar-refractivity contribution in [3.05, 3.63) is 59.7 Å². The third kappa shape index (κ3) is 13.3. The van der Waals surface area contributed by atoms with E-state index in [1.165, 1.54) is 27.7 Å². The predicted molar refractivity (Wildman–Crippen MR) is 205 cm³/mol. The van der Waals surface area contributed by atoms with E-state index in [9.17, 15) is 38.7 Å². The summed E-state index contributed by atoms with van der Waals surface area (Å²) in [6.45, 7) is 10.6. The summed E-state index contributed by atoms with van der Waals surface area (Å²) in [6.07, 6.45) is -1.47. The molecule has 6 amide bonds. The van der Waals surface area contributed by atoms with Crippen LogP contribution in [-0.2, 0) is 33.4 Å². The van der Waals surface area contributed by atoms with Crippen molar-refractivity contribution in [3.63, 3.8) is 0 Å². The first-order chi connectivity index (χ1) is 26.3. The number of guanidine groups is 1. The van der Waals surface area contributed by atoms with Crippen LogP contribution < -0.4 is 37.6 Å². The fraction of sp³-hybridized carbons (Fsp3) is 0.474. The summed E-state index contributed by atoms with van der Waals surface area (Å²) >= 11 is 0. The minimum atomic E-state index is -1.32. The lowest BCUT2D eigenvalue weighted by Crippen LogP contribution is -2.56. The minimum Gasteiger partial charge on any atom is -0.480 e. The second kappa shape index (κ2) is 19.9. The van der Waals surface area contributed by atoms with Gasteiger partial charge in [0.2, 0.25) is 23.6 Å². The summed E-state index contributed by atoms with van der Waals surface area (Å²) in [5, 5.41) is 24.0. The number of nitrogens with one attached hydrogen (secondary N) is 6. The van der Waals surface area contributed by atoms with Gasteiger partial charge in [-0.25, -0.2) is 14.4 Å². The zero-order valence-corrected chi connectivity index (χ0v) is 32.6. The molecule has 0 heterocycles. The fourth-order valence-corrected chi connectivity index (χ4v) is 5.59. The standard InChI is InChI=1S/C38H52N8O10/c1-20(31(48)43-22(3)33(50)45-29(34(51)52)17-12-18-40-35(39)46-37(54)56-38(5,6)7)41-30(47)21(2)42-32(49)23(4)44-36(53)55-19-28-26-15-10-8-13-24(26)25-14-9-11-16-27(25)28/h8-11,13-16,20-23,28-29H,12,17-19H2,1-7H3,(H,41,47)(H,42,49)(H,43,48)(H,44,53)(H,45,50)(H,51,52)(H3,39,40,46,54)/t20-,21-,22-,23-,29-/m0/s1. The fourth-order valence-electron chi connectivity index (χ4n) is 5.59. The Bertz CT molecular complexity index is 1760. The molecule has 18 nitrogen and oxygen atoms in total. The summed E-state index contributed by atoms with van der Waals surface area (Å²) in [6, 6.07) is 9.90. The van der Waals surface area contributed by atoms with Crippen molar-refractivity contribution >= 4 is 47.7 Å². The third-order valence-corrected chi connectivity index (χ3v) is 8.50. The first-order valence-corrected chi connectivity index (χ1v) is 18.1. The van der Waals surface area contributed by atoms with Gasteiger partial charge in [-0.15, -0.1) is 0 Å². The Labute approximate surface area is 325 Å². The average Bonchev–Trinajstić information content (AvgIpc) is 3.44. The Morgan fingerprint density at radius 1 is 0.714 bits per heavy atom. The molecule has 56 heavy (non-hydrogen) atoms. The number of amides is 6. The molecule has 0 aliphatic heterocycles. The molecule has 0 radical (unpaired) electrons. The van der Waals surface area contributed by atoms with Gasteiger partial charge < -0.3 is 46.9 Å². The largest absolute Gasteiger partial charge is 0.480 e. The first kappa shape index (κ1) is 44.2. The van der Waals surface area contributed by atoms with Crippen molar-refractivity contribution in [1.29, 1.82) is 0 Å². The molecule has 2 aromatic carbocycles. The Hall–Kier alpha value is -6.20. The second-order valence-corrected chi connectivity index (χ2v) is 14.3. The Morgan fingerprint density at radius 2 is 1.16 bits per heavy atom. The van der Waals surface area contributed by atoms with E-state index in [2.05, 4.69) is 36.9 Å². The molecule has 1 aliphatic rings. The summed E-state index contributed by atoms with van der Waals surface area (Å²) in [4.78, 5) is 91.2. The normalized spacial score (nSPS) is 14.9. The number of carboxylic acid groups (broad SMARTS) is 1. The van der Waals surface area contributed by atoms with E-state index in [0.717, 1.165) is 22.3 Å². The van der Waals surface area contributed by atoms with E-state index in [0.29, 0.717) is 0 Å². The number of nitrogens with zero attached hydrogens (tertiary/aromatic N) is 1. The maximum atomic E-state index is 12.8. The smallest absolute Gasteiger partial charge is 0.414 e. The molecule has 2 aromatic rings. The van der Waals surface area contributed by atoms with E-state index in [1.807, 2.05) is 48.5 Å². The highest BCUT2D eigenvalue weighted by atomic mass is 16.6. The summed E-state index contributed by atoms with van der Waals surface area (Å²) in [5.74, 6) is -4.65. The van der Waals surface area contributed by atoms with Crippen molar-refractivity contribution in [2.75, 3.05) is 13.2 Å². The van der Waals surface area contributed by atoms with Crippen LogP contribution in [-0.4, -0.2) is 102 Å². The highest BCUT2D eigenvalue weighted by molar-refractivity contribution is 5.95. The van der Waals surface area contributed by atoms with Gasteiger partial charge in [0, 0.05) is 12.5 Å². The van der Waals surface area contributed by atoms with Crippen LogP contribution in [0.25, 0.3) is 11.1 Å². The number of rotatable bonds is 16. The molecule has 18 heteroatoms. The number of carbonyl (C=O) groups excluding carboxylic acids is 6. The van der Waals surface area contributed by atoms with Crippen LogP contribution in [0.4, 0.5) is 9.59 Å². The molecule has 0 aromatic heterocycles. The van der Waals surface area contributed by atoms with Gasteiger partial charge in [-0.2, -0.15) is 0 Å². The van der Waals surface area contributed by atoms with Gasteiger partial charge in [0.15, 0.2) is 5.96 Å². The molecule has 3 rings (SSSR count). The second-order valence-electron chi connectivity index (χ2n) is 14.3. The van der Waals surface area contributed by atoms with Crippen molar-refractivity contribution in [2.45, 2.75) is 103 Å². The van der Waals surface area contributed by atoms with Crippen LogP contribution in [0.3, 0.4) is 0 Å². The molecule has 0 spiro atoms. The average molecular weight is 781 g/mol. The van der Waals surface area contributed by atoms with Crippen LogP contribution in [0.1, 0.15) is 78.4 Å². The number of benzene rings is 2. The minimum absolute atomic E-state index is 0.0393. The Balaban J connectivity index is 1.39. The molecule has 1 aliphatic carbocycles. The number of ether oxygens (including phenoxy) is 2. The van der Waals surface area contributed by atoms with Crippen LogP contribution >= 0.6 is 0 Å². The van der Waals surface area contributed by atoms with Crippen LogP contribution in [0, 0.1) is 0 Å². The van der Waals surface area contributed by atoms with E-state index >= 15 is 0 Å². The highest BCUT2D eigenvalue weighted by Crippen LogP contribution is 2.44. The Kier molecular flexibility index (Phi) is 15.7. The summed E-state index contributed by atoms with van der Waals surface area (Å²) in [7, 11) is 0. The number of alkyl carbamates (subject to hydrolysis) is 2. The molecule has 0 unspecified atom stereocenters. The number of aliphatic imine (C=N–C) groups is 1. The Morgan fingerprint density at radius 3 is 1.62 bits per heavy atom. The number of aliphatic carboxylic acids is 1. The highest BCUT2D eigenvalue weighted by Gasteiger charge is 2.30. The van der Waals surface area contributed by atoms with Gasteiger partial charge in [0.05, 0.1) is 0 Å². The maximum absolute atomic E-state index is 12.8. The van der Waals surface area contributed by atoms with Gasteiger partial charge in [0.25, 0.3) is 0 Å². The zero-order chi connectivity index (χ0) is 41.7. The molecule has 9 N–H and O–H groups in total. The number of hydrogen-bond acceptors (Lipinski definition) is 10. The van der Waals surface area contributed by atoms with E-state index in [4.69, 9.17) is 15.2 Å².